The van der Waals surface area contributed by atoms with Crippen LogP contribution in [-0.4, -0.2) is 34.0 Å². The predicted molar refractivity (Wildman–Crippen MR) is 96.8 cm³/mol. The van der Waals surface area contributed by atoms with Crippen molar-refractivity contribution in [3.8, 4) is 11.5 Å². The standard InChI is InChI=1S/C17H11ClF9NO4S/c18-12-3-1-9(5-11(12)17(25,26)27)28-33(29,30)14-6-10(31-7-15(19,20)21)2-4-13(14)32-8-16(22,23)24/h1-6,28H,7-8H2. The quantitative estimate of drug-likeness (QED) is 0.442. The first-order valence-corrected chi connectivity index (χ1v) is 10.2. The number of ether oxygens (including phenoxy) is 2. The lowest BCUT2D eigenvalue weighted by Gasteiger charge is -2.17. The predicted octanol–water partition coefficient (Wildman–Crippen LogP) is 6.04. The number of halogens is 10. The van der Waals surface area contributed by atoms with Crippen molar-refractivity contribution in [2.24, 2.45) is 0 Å². The summed E-state index contributed by atoms with van der Waals surface area (Å²) in [7, 11) is -4.98. The highest BCUT2D eigenvalue weighted by molar-refractivity contribution is 7.92. The minimum atomic E-state index is -4.98. The number of hydrogen-bond acceptors (Lipinski definition) is 4. The van der Waals surface area contributed by atoms with E-state index in [0.29, 0.717) is 24.3 Å². The van der Waals surface area contributed by atoms with Gasteiger partial charge in [0.1, 0.15) is 16.4 Å². The van der Waals surface area contributed by atoms with Crippen molar-refractivity contribution in [1.29, 1.82) is 0 Å². The Morgan fingerprint density at radius 2 is 1.39 bits per heavy atom. The molecule has 2 aromatic rings. The Labute approximate surface area is 185 Å². The molecule has 2 aromatic carbocycles. The summed E-state index contributed by atoms with van der Waals surface area (Å²) in [5.41, 5.74) is -2.10. The molecule has 184 valence electrons. The van der Waals surface area contributed by atoms with Gasteiger partial charge in [-0.25, -0.2) is 8.42 Å². The molecule has 0 saturated heterocycles. The molecule has 0 fully saturated rings. The van der Waals surface area contributed by atoms with Crippen LogP contribution in [0.4, 0.5) is 45.2 Å². The number of benzene rings is 2. The summed E-state index contributed by atoms with van der Waals surface area (Å²) >= 11 is 5.44. The van der Waals surface area contributed by atoms with Gasteiger partial charge in [-0.2, -0.15) is 39.5 Å². The van der Waals surface area contributed by atoms with Crippen LogP contribution in [0.1, 0.15) is 5.56 Å². The number of anilines is 1. The highest BCUT2D eigenvalue weighted by Gasteiger charge is 2.34. The minimum absolute atomic E-state index is 0.320. The Kier molecular flexibility index (Phi) is 7.58. The number of alkyl halides is 9. The normalized spacial score (nSPS) is 13.0. The fourth-order valence-electron chi connectivity index (χ4n) is 2.25. The molecular formula is C17H11ClF9NO4S. The average Bonchev–Trinajstić information content (AvgIpc) is 2.64. The second-order valence-corrected chi connectivity index (χ2v) is 8.27. The van der Waals surface area contributed by atoms with Crippen LogP contribution in [0.2, 0.25) is 5.02 Å². The molecule has 0 radical (unpaired) electrons. The zero-order valence-corrected chi connectivity index (χ0v) is 17.3. The Hall–Kier alpha value is -2.55. The molecule has 0 spiro atoms. The van der Waals surface area contributed by atoms with Crippen LogP contribution in [0.15, 0.2) is 41.3 Å². The zero-order valence-electron chi connectivity index (χ0n) is 15.7. The second-order valence-electron chi connectivity index (χ2n) is 6.21. The lowest BCUT2D eigenvalue weighted by atomic mass is 10.2. The maximum absolute atomic E-state index is 13.0. The maximum Gasteiger partial charge on any atom is 0.422 e. The van der Waals surface area contributed by atoms with Crippen molar-refractivity contribution in [3.63, 3.8) is 0 Å². The zero-order chi connectivity index (χ0) is 25.2. The first-order chi connectivity index (χ1) is 14.9. The van der Waals surface area contributed by atoms with Crippen molar-refractivity contribution in [2.45, 2.75) is 23.4 Å². The van der Waals surface area contributed by atoms with Crippen molar-refractivity contribution in [2.75, 3.05) is 17.9 Å². The van der Waals surface area contributed by atoms with Gasteiger partial charge in [0.05, 0.1) is 10.6 Å². The molecule has 2 rings (SSSR count). The van der Waals surface area contributed by atoms with E-state index in [1.54, 1.807) is 4.72 Å². The molecule has 0 aromatic heterocycles. The van der Waals surface area contributed by atoms with Gasteiger partial charge in [0.25, 0.3) is 10.0 Å². The summed E-state index contributed by atoms with van der Waals surface area (Å²) in [6.45, 7) is -3.81. The molecule has 33 heavy (non-hydrogen) atoms. The molecule has 0 bridgehead atoms. The Balaban J connectivity index is 2.46. The topological polar surface area (TPSA) is 64.6 Å². The maximum atomic E-state index is 13.0. The molecule has 0 saturated carbocycles. The summed E-state index contributed by atoms with van der Waals surface area (Å²) in [6, 6.07) is 3.62. The van der Waals surface area contributed by atoms with Crippen LogP contribution in [0, 0.1) is 0 Å². The first-order valence-electron chi connectivity index (χ1n) is 8.30. The van der Waals surface area contributed by atoms with Gasteiger partial charge in [-0.05, 0) is 30.3 Å². The van der Waals surface area contributed by atoms with E-state index in [9.17, 15) is 47.9 Å². The molecule has 16 heteroatoms. The van der Waals surface area contributed by atoms with Crippen LogP contribution in [0.3, 0.4) is 0 Å². The third-order valence-corrected chi connectivity index (χ3v) is 5.25. The van der Waals surface area contributed by atoms with E-state index in [1.807, 2.05) is 0 Å². The van der Waals surface area contributed by atoms with Gasteiger partial charge in [-0.3, -0.25) is 4.72 Å². The van der Waals surface area contributed by atoms with E-state index in [2.05, 4.69) is 9.47 Å². The Morgan fingerprint density at radius 1 is 0.818 bits per heavy atom. The van der Waals surface area contributed by atoms with Crippen molar-refractivity contribution in [1.82, 2.24) is 0 Å². The number of rotatable bonds is 7. The highest BCUT2D eigenvalue weighted by Crippen LogP contribution is 2.37. The molecule has 0 aliphatic rings. The van der Waals surface area contributed by atoms with Crippen LogP contribution in [0.5, 0.6) is 11.5 Å². The summed E-state index contributed by atoms with van der Waals surface area (Å²) < 4.78 is 149. The summed E-state index contributed by atoms with van der Waals surface area (Å²) in [5, 5.41) is -0.762. The van der Waals surface area contributed by atoms with Crippen LogP contribution in [-0.2, 0) is 16.2 Å². The number of sulfonamides is 1. The third kappa shape index (κ3) is 8.07. The molecular weight excluding hydrogens is 521 g/mol. The van der Waals surface area contributed by atoms with Crippen molar-refractivity contribution >= 4 is 27.3 Å². The number of hydrogen-bond donors (Lipinski definition) is 1. The van der Waals surface area contributed by atoms with E-state index < -0.39 is 74.4 Å². The van der Waals surface area contributed by atoms with Gasteiger partial charge >= 0.3 is 18.5 Å². The highest BCUT2D eigenvalue weighted by atomic mass is 35.5. The average molecular weight is 532 g/mol. The van der Waals surface area contributed by atoms with Gasteiger partial charge in [0, 0.05) is 11.8 Å². The molecule has 0 unspecified atom stereocenters. The fourth-order valence-corrected chi connectivity index (χ4v) is 3.68. The van der Waals surface area contributed by atoms with Crippen molar-refractivity contribution < 1.29 is 57.4 Å². The van der Waals surface area contributed by atoms with Gasteiger partial charge in [-0.15, -0.1) is 0 Å². The summed E-state index contributed by atoms with van der Waals surface area (Å²) in [4.78, 5) is -1.12. The summed E-state index contributed by atoms with van der Waals surface area (Å²) in [6.07, 6.45) is -14.7. The smallest absolute Gasteiger partial charge is 0.422 e. The Morgan fingerprint density at radius 3 is 1.94 bits per heavy atom. The largest absolute Gasteiger partial charge is 0.484 e. The molecule has 1 N–H and O–H groups in total. The molecule has 5 nitrogen and oxygen atoms in total. The van der Waals surface area contributed by atoms with E-state index in [0.717, 1.165) is 12.1 Å². The SMILES string of the molecule is O=S(=O)(Nc1ccc(Cl)c(C(F)(F)F)c1)c1cc(OCC(F)(F)F)ccc1OCC(F)(F)F. The lowest BCUT2D eigenvalue weighted by molar-refractivity contribution is -0.154. The number of nitrogens with one attached hydrogen (secondary N) is 1. The lowest BCUT2D eigenvalue weighted by Crippen LogP contribution is -2.22. The first kappa shape index (κ1) is 26.7. The van der Waals surface area contributed by atoms with Crippen LogP contribution < -0.4 is 14.2 Å². The van der Waals surface area contributed by atoms with Crippen LogP contribution >= 0.6 is 11.6 Å². The minimum Gasteiger partial charge on any atom is -0.484 e. The van der Waals surface area contributed by atoms with E-state index >= 15 is 0 Å². The van der Waals surface area contributed by atoms with Gasteiger partial charge in [0.15, 0.2) is 13.2 Å². The van der Waals surface area contributed by atoms with Gasteiger partial charge in [0.2, 0.25) is 0 Å². The molecule has 0 heterocycles. The van der Waals surface area contributed by atoms with Gasteiger partial charge in [-0.1, -0.05) is 11.6 Å². The van der Waals surface area contributed by atoms with Gasteiger partial charge < -0.3 is 9.47 Å². The fraction of sp³-hybridized carbons (Fsp3) is 0.294. The molecule has 0 aliphatic heterocycles. The van der Waals surface area contributed by atoms with E-state index in [4.69, 9.17) is 11.6 Å². The molecule has 0 amide bonds. The van der Waals surface area contributed by atoms with E-state index in [-0.39, 0.29) is 0 Å². The molecule has 0 aliphatic carbocycles. The van der Waals surface area contributed by atoms with Crippen molar-refractivity contribution in [3.05, 3.63) is 47.0 Å². The summed E-state index contributed by atoms with van der Waals surface area (Å²) in [5.74, 6) is -1.65. The molecule has 0 atom stereocenters. The Bertz CT molecular complexity index is 1100. The van der Waals surface area contributed by atoms with E-state index in [1.165, 1.54) is 0 Å². The van der Waals surface area contributed by atoms with Crippen LogP contribution in [0.25, 0.3) is 0 Å². The second kappa shape index (κ2) is 9.37. The monoisotopic (exact) mass is 531 g/mol. The third-order valence-electron chi connectivity index (χ3n) is 3.52.